The molecule has 1 aliphatic carbocycles. The fourth-order valence-electron chi connectivity index (χ4n) is 4.90. The molecule has 2 unspecified atom stereocenters. The molecule has 24 heavy (non-hydrogen) atoms. The van der Waals surface area contributed by atoms with Crippen LogP contribution in [-0.2, 0) is 10.3 Å². The zero-order chi connectivity index (χ0) is 15.7. The predicted molar refractivity (Wildman–Crippen MR) is 102 cm³/mol. The van der Waals surface area contributed by atoms with Crippen LogP contribution in [0.1, 0.15) is 44.1 Å². The number of aliphatic hydroxyl groups is 1. The third-order valence-corrected chi connectivity index (χ3v) is 6.42. The lowest BCUT2D eigenvalue weighted by atomic mass is 9.80. The van der Waals surface area contributed by atoms with Crippen LogP contribution >= 0.6 is 17.0 Å². The highest BCUT2D eigenvalue weighted by atomic mass is 79.9. The highest BCUT2D eigenvalue weighted by molar-refractivity contribution is 8.93. The van der Waals surface area contributed by atoms with Gasteiger partial charge in [0.1, 0.15) is 5.60 Å². The minimum Gasteiger partial charge on any atom is -0.382 e. The van der Waals surface area contributed by atoms with Gasteiger partial charge in [0, 0.05) is 6.54 Å². The Morgan fingerprint density at radius 3 is 2.29 bits per heavy atom. The first-order valence-electron chi connectivity index (χ1n) is 9.37. The molecule has 0 radical (unpaired) electrons. The highest BCUT2D eigenvalue weighted by Crippen LogP contribution is 2.41. The minimum atomic E-state index is -0.816. The molecule has 5 rings (SSSR count). The summed E-state index contributed by atoms with van der Waals surface area (Å²) in [7, 11) is 0. The molecule has 1 aromatic rings. The Labute approximate surface area is 156 Å². The van der Waals surface area contributed by atoms with Crippen molar-refractivity contribution < 1.29 is 9.84 Å². The van der Waals surface area contributed by atoms with Gasteiger partial charge in [0.25, 0.3) is 0 Å². The van der Waals surface area contributed by atoms with Gasteiger partial charge in [-0.15, -0.1) is 17.0 Å². The molecule has 2 atom stereocenters. The molecule has 1 N–H and O–H groups in total. The molecule has 4 aliphatic rings. The summed E-state index contributed by atoms with van der Waals surface area (Å²) in [5.41, 5.74) is 0.220. The largest absolute Gasteiger partial charge is 0.382 e. The molecule has 0 spiro atoms. The van der Waals surface area contributed by atoms with Crippen molar-refractivity contribution in [2.24, 2.45) is 11.8 Å². The lowest BCUT2D eigenvalue weighted by Crippen LogP contribution is -2.53. The van der Waals surface area contributed by atoms with Gasteiger partial charge < -0.3 is 14.7 Å². The van der Waals surface area contributed by atoms with E-state index in [0.29, 0.717) is 24.5 Å². The second kappa shape index (κ2) is 7.86. The van der Waals surface area contributed by atoms with Crippen LogP contribution in [0.5, 0.6) is 0 Å². The lowest BCUT2D eigenvalue weighted by molar-refractivity contribution is -0.143. The maximum absolute atomic E-state index is 11.5. The number of ether oxygens (including phenoxy) is 1. The maximum atomic E-state index is 11.5. The Kier molecular flexibility index (Phi) is 6.02. The van der Waals surface area contributed by atoms with Crippen LogP contribution in [0.3, 0.4) is 0 Å². The van der Waals surface area contributed by atoms with E-state index in [4.69, 9.17) is 4.74 Å². The number of piperidine rings is 3. The van der Waals surface area contributed by atoms with E-state index in [1.807, 2.05) is 18.2 Å². The molecule has 0 aromatic heterocycles. The van der Waals surface area contributed by atoms with Crippen LogP contribution < -0.4 is 0 Å². The summed E-state index contributed by atoms with van der Waals surface area (Å²) in [6.45, 7) is 3.98. The Balaban J connectivity index is 0.00000169. The van der Waals surface area contributed by atoms with Crippen LogP contribution in [-0.4, -0.2) is 42.4 Å². The van der Waals surface area contributed by atoms with Crippen molar-refractivity contribution in [2.75, 3.05) is 26.2 Å². The van der Waals surface area contributed by atoms with Gasteiger partial charge >= 0.3 is 0 Å². The van der Waals surface area contributed by atoms with Gasteiger partial charge in [0.15, 0.2) is 0 Å². The average Bonchev–Trinajstić information content (AvgIpc) is 3.17. The number of fused-ring (bicyclic) bond motifs is 3. The van der Waals surface area contributed by atoms with Crippen molar-refractivity contribution in [3.8, 4) is 0 Å². The average molecular weight is 396 g/mol. The van der Waals surface area contributed by atoms with Gasteiger partial charge in [-0.2, -0.15) is 0 Å². The zero-order valence-corrected chi connectivity index (χ0v) is 16.1. The minimum absolute atomic E-state index is 0. The van der Waals surface area contributed by atoms with Crippen LogP contribution in [0, 0.1) is 11.8 Å². The van der Waals surface area contributed by atoms with Crippen molar-refractivity contribution in [1.82, 2.24) is 4.90 Å². The van der Waals surface area contributed by atoms with Gasteiger partial charge in [-0.25, -0.2) is 0 Å². The molecule has 134 valence electrons. The highest BCUT2D eigenvalue weighted by Gasteiger charge is 2.42. The third kappa shape index (κ3) is 3.57. The van der Waals surface area contributed by atoms with E-state index in [1.54, 1.807) is 0 Å². The topological polar surface area (TPSA) is 32.7 Å². The number of hydrogen-bond donors (Lipinski definition) is 1. The van der Waals surface area contributed by atoms with Crippen LogP contribution in [0.4, 0.5) is 0 Å². The molecular weight excluding hydrogens is 366 g/mol. The molecule has 0 amide bonds. The van der Waals surface area contributed by atoms with Crippen molar-refractivity contribution in [3.05, 3.63) is 35.9 Å². The van der Waals surface area contributed by atoms with Gasteiger partial charge in [0.2, 0.25) is 0 Å². The monoisotopic (exact) mass is 395 g/mol. The van der Waals surface area contributed by atoms with Gasteiger partial charge in [-0.1, -0.05) is 43.2 Å². The normalized spacial score (nSPS) is 32.3. The van der Waals surface area contributed by atoms with E-state index in [0.717, 1.165) is 24.9 Å². The Morgan fingerprint density at radius 2 is 1.71 bits per heavy atom. The van der Waals surface area contributed by atoms with E-state index < -0.39 is 5.60 Å². The zero-order valence-electron chi connectivity index (χ0n) is 14.4. The summed E-state index contributed by atoms with van der Waals surface area (Å²) in [5, 5.41) is 11.5. The maximum Gasteiger partial charge on any atom is 0.116 e. The second-order valence-corrected chi connectivity index (χ2v) is 7.76. The SMILES string of the molecule is Br.OC(COC1CN2CCC1CC2)(c1ccccc1)C1CCCC1. The Hall–Kier alpha value is -0.420. The molecule has 1 aromatic carbocycles. The third-order valence-electron chi connectivity index (χ3n) is 6.42. The summed E-state index contributed by atoms with van der Waals surface area (Å²) >= 11 is 0. The summed E-state index contributed by atoms with van der Waals surface area (Å²) < 4.78 is 6.36. The number of nitrogens with zero attached hydrogens (tertiary/aromatic N) is 1. The van der Waals surface area contributed by atoms with Crippen LogP contribution in [0.25, 0.3) is 0 Å². The standard InChI is InChI=1S/C20H29NO2.BrH/c22-20(18-8-4-5-9-18,17-6-2-1-3-7-17)15-23-19-14-21-12-10-16(19)11-13-21;/h1-3,6-7,16,18-19,22H,4-5,8-15H2;1H. The first-order chi connectivity index (χ1) is 11.3. The van der Waals surface area contributed by atoms with Crippen molar-refractivity contribution in [1.29, 1.82) is 0 Å². The smallest absolute Gasteiger partial charge is 0.116 e. The summed E-state index contributed by atoms with van der Waals surface area (Å²) in [4.78, 5) is 2.52. The van der Waals surface area contributed by atoms with Crippen molar-refractivity contribution >= 4 is 17.0 Å². The molecule has 1 saturated carbocycles. The Morgan fingerprint density at radius 1 is 1.04 bits per heavy atom. The summed E-state index contributed by atoms with van der Waals surface area (Å²) in [6.07, 6.45) is 7.55. The molecule has 3 aliphatic heterocycles. The molecule has 2 bridgehead atoms. The van der Waals surface area contributed by atoms with Crippen molar-refractivity contribution in [2.45, 2.75) is 50.2 Å². The molecule has 3 saturated heterocycles. The van der Waals surface area contributed by atoms with E-state index in [2.05, 4.69) is 17.0 Å². The number of hydrogen-bond acceptors (Lipinski definition) is 3. The molecule has 4 fully saturated rings. The summed E-state index contributed by atoms with van der Waals surface area (Å²) in [5.74, 6) is 1.04. The van der Waals surface area contributed by atoms with Crippen LogP contribution in [0.2, 0.25) is 0 Å². The molecule has 3 nitrogen and oxygen atoms in total. The first-order valence-corrected chi connectivity index (χ1v) is 9.37. The second-order valence-electron chi connectivity index (χ2n) is 7.76. The number of halogens is 1. The van der Waals surface area contributed by atoms with E-state index in [9.17, 15) is 5.11 Å². The molecular formula is C20H30BrNO2. The molecule has 4 heteroatoms. The number of rotatable bonds is 5. The van der Waals surface area contributed by atoms with E-state index in [1.165, 1.54) is 38.8 Å². The predicted octanol–water partition coefficient (Wildman–Crippen LogP) is 3.75. The Bertz CT molecular complexity index is 512. The van der Waals surface area contributed by atoms with E-state index >= 15 is 0 Å². The van der Waals surface area contributed by atoms with Gasteiger partial charge in [-0.3, -0.25) is 0 Å². The fourth-order valence-corrected chi connectivity index (χ4v) is 4.90. The van der Waals surface area contributed by atoms with Crippen LogP contribution in [0.15, 0.2) is 30.3 Å². The fraction of sp³-hybridized carbons (Fsp3) is 0.700. The lowest BCUT2D eigenvalue weighted by Gasteiger charge is -2.46. The van der Waals surface area contributed by atoms with Gasteiger partial charge in [0.05, 0.1) is 12.7 Å². The quantitative estimate of drug-likeness (QED) is 0.823. The van der Waals surface area contributed by atoms with E-state index in [-0.39, 0.29) is 17.0 Å². The number of benzene rings is 1. The van der Waals surface area contributed by atoms with Crippen molar-refractivity contribution in [3.63, 3.8) is 0 Å². The molecule has 3 heterocycles. The summed E-state index contributed by atoms with van der Waals surface area (Å²) in [6, 6.07) is 10.2. The van der Waals surface area contributed by atoms with Gasteiger partial charge in [-0.05, 0) is 56.2 Å². The first kappa shape index (κ1) is 18.4.